The Kier molecular flexibility index (Phi) is 6.90. The number of ether oxygens (including phenoxy) is 1. The predicted molar refractivity (Wildman–Crippen MR) is 130 cm³/mol. The Labute approximate surface area is 195 Å². The molecule has 4 rings (SSSR count). The highest BCUT2D eigenvalue weighted by molar-refractivity contribution is 7.13. The number of rotatable bonds is 9. The molecule has 8 nitrogen and oxygen atoms in total. The first-order chi connectivity index (χ1) is 15.9. The second-order valence-corrected chi connectivity index (χ2v) is 8.69. The van der Waals surface area contributed by atoms with Crippen molar-refractivity contribution < 1.29 is 13.9 Å². The van der Waals surface area contributed by atoms with Crippen LogP contribution in [0.5, 0.6) is 5.75 Å². The highest BCUT2D eigenvalue weighted by atomic mass is 32.1. The van der Waals surface area contributed by atoms with Crippen molar-refractivity contribution in [3.05, 3.63) is 64.1 Å². The largest absolute Gasteiger partial charge is 0.494 e. The molecule has 0 unspecified atom stereocenters. The van der Waals surface area contributed by atoms with Crippen molar-refractivity contribution in [1.82, 2.24) is 14.5 Å². The van der Waals surface area contributed by atoms with Crippen molar-refractivity contribution >= 4 is 34.0 Å². The molecule has 0 fully saturated rings. The van der Waals surface area contributed by atoms with Crippen molar-refractivity contribution in [2.45, 2.75) is 19.9 Å². The molecule has 2 aromatic heterocycles. The average molecular weight is 467 g/mol. The fourth-order valence-electron chi connectivity index (χ4n) is 3.40. The number of likely N-dealkylation sites (N-methyl/N-ethyl adjacent to an activating group) is 1. The van der Waals surface area contributed by atoms with E-state index in [4.69, 9.17) is 9.15 Å². The maximum Gasteiger partial charge on any atom is 0.419 e. The fourth-order valence-corrected chi connectivity index (χ4v) is 4.23. The lowest BCUT2D eigenvalue weighted by atomic mass is 10.2. The molecule has 0 atom stereocenters. The molecule has 0 bridgehead atoms. The number of nitrogens with zero attached hydrogens (tertiary/aromatic N) is 3. The van der Waals surface area contributed by atoms with Crippen molar-refractivity contribution in [3.8, 4) is 16.3 Å². The summed E-state index contributed by atoms with van der Waals surface area (Å²) >= 11 is 1.50. The number of fused-ring (bicyclic) bond motifs is 1. The number of hydrogen-bond acceptors (Lipinski definition) is 7. The van der Waals surface area contributed by atoms with Crippen LogP contribution < -0.4 is 15.8 Å². The summed E-state index contributed by atoms with van der Waals surface area (Å²) in [4.78, 5) is 31.4. The summed E-state index contributed by atoms with van der Waals surface area (Å²) < 4.78 is 12.4. The van der Waals surface area contributed by atoms with Gasteiger partial charge in [-0.3, -0.25) is 9.36 Å². The van der Waals surface area contributed by atoms with Gasteiger partial charge in [0, 0.05) is 29.7 Å². The second-order valence-electron chi connectivity index (χ2n) is 7.83. The molecule has 2 aromatic carbocycles. The van der Waals surface area contributed by atoms with Gasteiger partial charge >= 0.3 is 5.76 Å². The summed E-state index contributed by atoms with van der Waals surface area (Å²) in [5.41, 5.74) is 3.45. The minimum atomic E-state index is -0.403. The van der Waals surface area contributed by atoms with Gasteiger partial charge in [-0.1, -0.05) is 0 Å². The van der Waals surface area contributed by atoms with Crippen LogP contribution in [0, 0.1) is 0 Å². The minimum absolute atomic E-state index is 0.157. The minimum Gasteiger partial charge on any atom is -0.494 e. The maximum absolute atomic E-state index is 12.6. The average Bonchev–Trinajstić information content (AvgIpc) is 3.36. The van der Waals surface area contributed by atoms with Crippen molar-refractivity contribution in [2.24, 2.45) is 0 Å². The molecule has 4 aromatic rings. The van der Waals surface area contributed by atoms with Crippen LogP contribution in [0.3, 0.4) is 0 Å². The molecule has 2 heterocycles. The number of oxazole rings is 1. The van der Waals surface area contributed by atoms with Crippen molar-refractivity contribution in [2.75, 3.05) is 32.6 Å². The Morgan fingerprint density at radius 2 is 2.00 bits per heavy atom. The van der Waals surface area contributed by atoms with Crippen LogP contribution in [-0.2, 0) is 17.8 Å². The number of anilines is 1. The van der Waals surface area contributed by atoms with Crippen LogP contribution in [0.4, 0.5) is 5.69 Å². The van der Waals surface area contributed by atoms with Gasteiger partial charge in [0.2, 0.25) is 5.91 Å². The molecular formula is C24H26N4O4S. The summed E-state index contributed by atoms with van der Waals surface area (Å²) in [7, 11) is 3.89. The third-order valence-corrected chi connectivity index (χ3v) is 5.97. The van der Waals surface area contributed by atoms with Crippen LogP contribution in [-0.4, -0.2) is 47.6 Å². The number of aromatic nitrogens is 2. The van der Waals surface area contributed by atoms with E-state index in [2.05, 4.69) is 10.3 Å². The molecule has 0 aliphatic carbocycles. The predicted octanol–water partition coefficient (Wildman–Crippen LogP) is 3.86. The number of benzene rings is 2. The van der Waals surface area contributed by atoms with E-state index >= 15 is 0 Å². The number of carbonyl (C=O) groups excluding carboxylic acids is 1. The first-order valence-corrected chi connectivity index (χ1v) is 11.6. The van der Waals surface area contributed by atoms with E-state index in [-0.39, 0.29) is 12.3 Å². The van der Waals surface area contributed by atoms with E-state index in [1.807, 2.05) is 55.6 Å². The lowest BCUT2D eigenvalue weighted by Crippen LogP contribution is -2.23. The zero-order chi connectivity index (χ0) is 23.4. The van der Waals surface area contributed by atoms with Gasteiger partial charge in [-0.25, -0.2) is 9.78 Å². The Hall–Kier alpha value is -3.43. The number of thiazole rings is 1. The monoisotopic (exact) mass is 466 g/mol. The molecule has 9 heteroatoms. The Bertz CT molecular complexity index is 1300. The second kappa shape index (κ2) is 10.0. The third kappa shape index (κ3) is 5.50. The van der Waals surface area contributed by atoms with E-state index in [0.29, 0.717) is 42.2 Å². The number of amides is 1. The van der Waals surface area contributed by atoms with E-state index in [0.717, 1.165) is 16.3 Å². The van der Waals surface area contributed by atoms with Gasteiger partial charge in [-0.15, -0.1) is 11.3 Å². The van der Waals surface area contributed by atoms with Crippen LogP contribution in [0.15, 0.2) is 57.1 Å². The van der Waals surface area contributed by atoms with Crippen LogP contribution in [0.1, 0.15) is 12.6 Å². The van der Waals surface area contributed by atoms with Crippen molar-refractivity contribution in [3.63, 3.8) is 0 Å². The molecule has 0 aliphatic rings. The van der Waals surface area contributed by atoms with Crippen LogP contribution in [0.2, 0.25) is 0 Å². The summed E-state index contributed by atoms with van der Waals surface area (Å²) in [5, 5.41) is 5.64. The van der Waals surface area contributed by atoms with Gasteiger partial charge in [-0.05, 0) is 63.5 Å². The van der Waals surface area contributed by atoms with Gasteiger partial charge in [0.15, 0.2) is 5.58 Å². The lowest BCUT2D eigenvalue weighted by molar-refractivity contribution is -0.115. The standard InChI is InChI=1S/C24H26N4O4S/c1-4-31-19-8-5-16(6-9-19)23-26-18(15-33-23)14-22(29)25-17-7-10-21-20(13-17)28(24(30)32-21)12-11-27(2)3/h5-10,13,15H,4,11-12,14H2,1-3H3,(H,25,29). The topological polar surface area (TPSA) is 89.6 Å². The van der Waals surface area contributed by atoms with Crippen molar-refractivity contribution in [1.29, 1.82) is 0 Å². The SMILES string of the molecule is CCOc1ccc(-c2nc(CC(=O)Nc3ccc4oc(=O)n(CCN(C)C)c4c3)cs2)cc1. The van der Waals surface area contributed by atoms with Crippen LogP contribution >= 0.6 is 11.3 Å². The highest BCUT2D eigenvalue weighted by Crippen LogP contribution is 2.26. The lowest BCUT2D eigenvalue weighted by Gasteiger charge is -2.10. The zero-order valence-corrected chi connectivity index (χ0v) is 19.6. The molecule has 33 heavy (non-hydrogen) atoms. The van der Waals surface area contributed by atoms with Gasteiger partial charge in [0.05, 0.1) is 24.2 Å². The molecule has 0 saturated carbocycles. The Morgan fingerprint density at radius 3 is 2.73 bits per heavy atom. The smallest absolute Gasteiger partial charge is 0.419 e. The summed E-state index contributed by atoms with van der Waals surface area (Å²) in [6.45, 7) is 3.77. The van der Waals surface area contributed by atoms with Gasteiger partial charge in [0.25, 0.3) is 0 Å². The third-order valence-electron chi connectivity index (χ3n) is 5.03. The molecule has 0 saturated heterocycles. The zero-order valence-electron chi connectivity index (χ0n) is 18.8. The van der Waals surface area contributed by atoms with Gasteiger partial charge in [-0.2, -0.15) is 0 Å². The number of nitrogens with one attached hydrogen (secondary N) is 1. The Morgan fingerprint density at radius 1 is 1.21 bits per heavy atom. The Balaban J connectivity index is 1.43. The molecular weight excluding hydrogens is 440 g/mol. The molecule has 0 spiro atoms. The summed E-state index contributed by atoms with van der Waals surface area (Å²) in [5.74, 6) is 0.238. The number of carbonyl (C=O) groups is 1. The number of hydrogen-bond donors (Lipinski definition) is 1. The molecule has 1 N–H and O–H groups in total. The quantitative estimate of drug-likeness (QED) is 0.403. The molecule has 0 aliphatic heterocycles. The van der Waals surface area contributed by atoms with Gasteiger partial charge < -0.3 is 19.4 Å². The fraction of sp³-hybridized carbons (Fsp3) is 0.292. The maximum atomic E-state index is 12.6. The van der Waals surface area contributed by atoms with E-state index in [1.165, 1.54) is 11.3 Å². The highest BCUT2D eigenvalue weighted by Gasteiger charge is 2.13. The molecule has 1 amide bonds. The van der Waals surface area contributed by atoms with E-state index in [1.54, 1.807) is 22.8 Å². The summed E-state index contributed by atoms with van der Waals surface area (Å²) in [6.07, 6.45) is 0.157. The molecule has 172 valence electrons. The first-order valence-electron chi connectivity index (χ1n) is 10.7. The van der Waals surface area contributed by atoms with Gasteiger partial charge in [0.1, 0.15) is 10.8 Å². The first kappa shape index (κ1) is 22.8. The summed E-state index contributed by atoms with van der Waals surface area (Å²) in [6, 6.07) is 12.9. The normalized spacial score (nSPS) is 11.3. The molecule has 0 radical (unpaired) electrons. The van der Waals surface area contributed by atoms with E-state index in [9.17, 15) is 9.59 Å². The van der Waals surface area contributed by atoms with Crippen LogP contribution in [0.25, 0.3) is 21.7 Å². The van der Waals surface area contributed by atoms with E-state index < -0.39 is 5.76 Å².